The van der Waals surface area contributed by atoms with E-state index in [1.165, 1.54) is 12.8 Å². The van der Waals surface area contributed by atoms with Crippen molar-refractivity contribution in [2.45, 2.75) is 65.2 Å². The topological polar surface area (TPSA) is 54.4 Å². The number of carboxylic acid groups (broad SMARTS) is 1. The van der Waals surface area contributed by atoms with Gasteiger partial charge in [0, 0.05) is 6.42 Å². The number of rotatable bonds is 10. The maximum atomic E-state index is 11.6. The molecule has 94 valence electrons. The maximum absolute atomic E-state index is 11.6. The van der Waals surface area contributed by atoms with Crippen LogP contribution in [0.4, 0.5) is 0 Å². The largest absolute Gasteiger partial charge is 0.481 e. The molecule has 0 bridgehead atoms. The molecule has 0 saturated carbocycles. The van der Waals surface area contributed by atoms with Gasteiger partial charge in [-0.25, -0.2) is 0 Å². The average Bonchev–Trinajstić information content (AvgIpc) is 2.24. The quantitative estimate of drug-likeness (QED) is 0.460. The zero-order valence-corrected chi connectivity index (χ0v) is 10.5. The Morgan fingerprint density at radius 2 is 1.62 bits per heavy atom. The number of unbranched alkanes of at least 4 members (excludes halogenated alkanes) is 4. The number of carbonyl (C=O) groups excluding carboxylic acids is 1. The predicted octanol–water partition coefficient (Wildman–Crippen LogP) is 3.42. The molecule has 0 rings (SSSR count). The normalized spacial score (nSPS) is 12.4. The average molecular weight is 228 g/mol. The highest BCUT2D eigenvalue weighted by Crippen LogP contribution is 2.13. The monoisotopic (exact) mass is 228 g/mol. The summed E-state index contributed by atoms with van der Waals surface area (Å²) in [4.78, 5) is 22.5. The van der Waals surface area contributed by atoms with Crippen molar-refractivity contribution in [1.82, 2.24) is 0 Å². The Kier molecular flexibility index (Phi) is 8.87. The van der Waals surface area contributed by atoms with Gasteiger partial charge in [-0.2, -0.15) is 0 Å². The molecule has 16 heavy (non-hydrogen) atoms. The van der Waals surface area contributed by atoms with Crippen molar-refractivity contribution in [1.29, 1.82) is 0 Å². The lowest BCUT2D eigenvalue weighted by atomic mass is 9.95. The van der Waals surface area contributed by atoms with Crippen LogP contribution in [-0.2, 0) is 9.59 Å². The Hall–Kier alpha value is -0.860. The van der Waals surface area contributed by atoms with E-state index in [2.05, 4.69) is 6.92 Å². The smallest absolute Gasteiger partial charge is 0.314 e. The molecule has 0 aliphatic heterocycles. The molecule has 0 aromatic carbocycles. The van der Waals surface area contributed by atoms with Crippen molar-refractivity contribution in [3.05, 3.63) is 0 Å². The Balaban J connectivity index is 3.79. The zero-order chi connectivity index (χ0) is 12.4. The molecule has 1 unspecified atom stereocenters. The summed E-state index contributed by atoms with van der Waals surface area (Å²) in [6.07, 6.45) is 7.06. The lowest BCUT2D eigenvalue weighted by Crippen LogP contribution is -2.23. The van der Waals surface area contributed by atoms with E-state index in [0.29, 0.717) is 12.8 Å². The van der Waals surface area contributed by atoms with Crippen LogP contribution in [-0.4, -0.2) is 16.9 Å². The zero-order valence-electron chi connectivity index (χ0n) is 10.5. The number of carbonyl (C=O) groups is 2. The highest BCUT2D eigenvalue weighted by molar-refractivity contribution is 5.98. The molecule has 0 radical (unpaired) electrons. The fourth-order valence-electron chi connectivity index (χ4n) is 1.79. The van der Waals surface area contributed by atoms with E-state index in [4.69, 9.17) is 5.11 Å². The molecular weight excluding hydrogens is 204 g/mol. The molecule has 0 aromatic rings. The van der Waals surface area contributed by atoms with Gasteiger partial charge in [-0.15, -0.1) is 0 Å². The van der Waals surface area contributed by atoms with E-state index < -0.39 is 11.9 Å². The third kappa shape index (κ3) is 6.59. The summed E-state index contributed by atoms with van der Waals surface area (Å²) < 4.78 is 0. The lowest BCUT2D eigenvalue weighted by Gasteiger charge is -2.09. The van der Waals surface area contributed by atoms with E-state index in [0.717, 1.165) is 25.7 Å². The van der Waals surface area contributed by atoms with Crippen LogP contribution in [0.3, 0.4) is 0 Å². The molecule has 0 aromatic heterocycles. The first-order valence-corrected chi connectivity index (χ1v) is 6.39. The standard InChI is InChI=1S/C13H24O3/c1-3-5-6-7-8-10-12(14)11(9-4-2)13(15)16/h11H,3-10H2,1-2H3,(H,15,16). The van der Waals surface area contributed by atoms with Crippen molar-refractivity contribution < 1.29 is 14.7 Å². The summed E-state index contributed by atoms with van der Waals surface area (Å²) in [5.41, 5.74) is 0. The van der Waals surface area contributed by atoms with Crippen LogP contribution in [0.15, 0.2) is 0 Å². The van der Waals surface area contributed by atoms with Crippen LogP contribution in [0, 0.1) is 5.92 Å². The summed E-state index contributed by atoms with van der Waals surface area (Å²) in [5, 5.41) is 8.89. The molecule has 3 heteroatoms. The van der Waals surface area contributed by atoms with Gasteiger partial charge in [0.05, 0.1) is 0 Å². The number of Topliss-reactive ketones (excluding diaryl/α,β-unsaturated/α-hetero) is 1. The summed E-state index contributed by atoms with van der Waals surface area (Å²) in [6.45, 7) is 4.05. The summed E-state index contributed by atoms with van der Waals surface area (Å²) in [5.74, 6) is -1.82. The molecule has 0 spiro atoms. The van der Waals surface area contributed by atoms with Gasteiger partial charge in [-0.05, 0) is 12.8 Å². The first-order valence-electron chi connectivity index (χ1n) is 6.39. The summed E-state index contributed by atoms with van der Waals surface area (Å²) in [6, 6.07) is 0. The SMILES string of the molecule is CCCCCCCC(=O)C(CCC)C(=O)O. The van der Waals surface area contributed by atoms with E-state index in [9.17, 15) is 9.59 Å². The van der Waals surface area contributed by atoms with Gasteiger partial charge < -0.3 is 5.11 Å². The van der Waals surface area contributed by atoms with Crippen LogP contribution in [0.25, 0.3) is 0 Å². The molecule has 0 aliphatic carbocycles. The minimum absolute atomic E-state index is 0.0918. The molecule has 0 aliphatic rings. The van der Waals surface area contributed by atoms with Crippen LogP contribution in [0.2, 0.25) is 0 Å². The second-order valence-corrected chi connectivity index (χ2v) is 4.31. The highest BCUT2D eigenvalue weighted by Gasteiger charge is 2.23. The van der Waals surface area contributed by atoms with Crippen LogP contribution < -0.4 is 0 Å². The first-order chi connectivity index (χ1) is 7.63. The third-order valence-electron chi connectivity index (χ3n) is 2.79. The van der Waals surface area contributed by atoms with Gasteiger partial charge in [0.2, 0.25) is 0 Å². The Labute approximate surface area is 98.2 Å². The molecule has 0 amide bonds. The van der Waals surface area contributed by atoms with Gasteiger partial charge in [0.15, 0.2) is 0 Å². The second kappa shape index (κ2) is 9.37. The Bertz CT molecular complexity index is 211. The van der Waals surface area contributed by atoms with Crippen molar-refractivity contribution in [2.24, 2.45) is 5.92 Å². The third-order valence-corrected chi connectivity index (χ3v) is 2.79. The number of aliphatic carboxylic acids is 1. The second-order valence-electron chi connectivity index (χ2n) is 4.31. The van der Waals surface area contributed by atoms with Crippen molar-refractivity contribution in [2.75, 3.05) is 0 Å². The van der Waals surface area contributed by atoms with Crippen molar-refractivity contribution >= 4 is 11.8 Å². The first kappa shape index (κ1) is 15.1. The molecule has 0 fully saturated rings. The van der Waals surface area contributed by atoms with Crippen molar-refractivity contribution in [3.63, 3.8) is 0 Å². The van der Waals surface area contributed by atoms with Gasteiger partial charge in [0.1, 0.15) is 11.7 Å². The van der Waals surface area contributed by atoms with E-state index in [1.807, 2.05) is 6.92 Å². The molecule has 1 N–H and O–H groups in total. The molecular formula is C13H24O3. The molecule has 0 saturated heterocycles. The summed E-state index contributed by atoms with van der Waals surface area (Å²) >= 11 is 0. The number of hydrogen-bond donors (Lipinski definition) is 1. The Morgan fingerprint density at radius 3 is 2.12 bits per heavy atom. The van der Waals surface area contributed by atoms with E-state index in [1.54, 1.807) is 0 Å². The number of hydrogen-bond acceptors (Lipinski definition) is 2. The van der Waals surface area contributed by atoms with Crippen LogP contribution >= 0.6 is 0 Å². The molecule has 3 nitrogen and oxygen atoms in total. The molecule has 1 atom stereocenters. The maximum Gasteiger partial charge on any atom is 0.314 e. The fourth-order valence-corrected chi connectivity index (χ4v) is 1.79. The fraction of sp³-hybridized carbons (Fsp3) is 0.846. The van der Waals surface area contributed by atoms with Crippen LogP contribution in [0.1, 0.15) is 65.2 Å². The molecule has 0 heterocycles. The van der Waals surface area contributed by atoms with E-state index in [-0.39, 0.29) is 5.78 Å². The minimum atomic E-state index is -0.958. The highest BCUT2D eigenvalue weighted by atomic mass is 16.4. The van der Waals surface area contributed by atoms with Gasteiger partial charge in [-0.1, -0.05) is 46.0 Å². The summed E-state index contributed by atoms with van der Waals surface area (Å²) in [7, 11) is 0. The lowest BCUT2D eigenvalue weighted by molar-refractivity contribution is -0.146. The number of ketones is 1. The van der Waals surface area contributed by atoms with E-state index >= 15 is 0 Å². The van der Waals surface area contributed by atoms with Gasteiger partial charge in [0.25, 0.3) is 0 Å². The number of carboxylic acids is 1. The minimum Gasteiger partial charge on any atom is -0.481 e. The predicted molar refractivity (Wildman–Crippen MR) is 64.4 cm³/mol. The Morgan fingerprint density at radius 1 is 1.00 bits per heavy atom. The van der Waals surface area contributed by atoms with Gasteiger partial charge in [-0.3, -0.25) is 9.59 Å². The van der Waals surface area contributed by atoms with Gasteiger partial charge >= 0.3 is 5.97 Å². The van der Waals surface area contributed by atoms with Crippen LogP contribution in [0.5, 0.6) is 0 Å². The van der Waals surface area contributed by atoms with Crippen molar-refractivity contribution in [3.8, 4) is 0 Å².